The third-order valence-electron chi connectivity index (χ3n) is 4.02. The van der Waals surface area contributed by atoms with Gasteiger partial charge in [-0.1, -0.05) is 23.7 Å². The van der Waals surface area contributed by atoms with Crippen LogP contribution in [0.1, 0.15) is 17.5 Å². The van der Waals surface area contributed by atoms with E-state index in [4.69, 9.17) is 21.1 Å². The van der Waals surface area contributed by atoms with Crippen LogP contribution >= 0.6 is 11.6 Å². The largest absolute Gasteiger partial charge is 0.493 e. The highest BCUT2D eigenvalue weighted by molar-refractivity contribution is 6.33. The SMILES string of the molecule is Clc1ccccc1N1COc2cc3c(cc2C1)OCCC3. The Morgan fingerprint density at radius 1 is 1.00 bits per heavy atom. The van der Waals surface area contributed by atoms with E-state index < -0.39 is 0 Å². The molecule has 0 aliphatic carbocycles. The van der Waals surface area contributed by atoms with Gasteiger partial charge in [0.2, 0.25) is 0 Å². The number of halogens is 1. The fraction of sp³-hybridized carbons (Fsp3) is 0.294. The summed E-state index contributed by atoms with van der Waals surface area (Å²) in [5.74, 6) is 1.98. The molecule has 0 atom stereocenters. The first kappa shape index (κ1) is 12.8. The second-order valence-corrected chi connectivity index (χ2v) is 5.85. The van der Waals surface area contributed by atoms with E-state index in [2.05, 4.69) is 17.0 Å². The van der Waals surface area contributed by atoms with E-state index >= 15 is 0 Å². The van der Waals surface area contributed by atoms with Gasteiger partial charge in [0.25, 0.3) is 0 Å². The number of benzene rings is 2. The van der Waals surface area contributed by atoms with E-state index in [-0.39, 0.29) is 0 Å². The maximum absolute atomic E-state index is 6.28. The maximum atomic E-state index is 6.28. The van der Waals surface area contributed by atoms with Crippen LogP contribution < -0.4 is 14.4 Å². The molecule has 0 amide bonds. The van der Waals surface area contributed by atoms with Crippen molar-refractivity contribution in [3.05, 3.63) is 52.5 Å². The Balaban J connectivity index is 1.67. The van der Waals surface area contributed by atoms with Crippen LogP contribution in [0.4, 0.5) is 5.69 Å². The molecule has 0 bridgehead atoms. The Hall–Kier alpha value is -1.87. The molecule has 2 aromatic carbocycles. The highest BCUT2D eigenvalue weighted by atomic mass is 35.5. The van der Waals surface area contributed by atoms with Crippen molar-refractivity contribution in [3.8, 4) is 11.5 Å². The molecule has 4 heteroatoms. The smallest absolute Gasteiger partial charge is 0.161 e. The maximum Gasteiger partial charge on any atom is 0.161 e. The molecule has 2 aliphatic heterocycles. The Labute approximate surface area is 129 Å². The Morgan fingerprint density at radius 2 is 1.81 bits per heavy atom. The Morgan fingerprint density at radius 3 is 2.71 bits per heavy atom. The van der Waals surface area contributed by atoms with Gasteiger partial charge in [0, 0.05) is 5.56 Å². The van der Waals surface area contributed by atoms with Crippen LogP contribution in [0.2, 0.25) is 5.02 Å². The van der Waals surface area contributed by atoms with Gasteiger partial charge in [0.15, 0.2) is 6.73 Å². The van der Waals surface area contributed by atoms with Gasteiger partial charge in [-0.15, -0.1) is 0 Å². The first-order valence-electron chi connectivity index (χ1n) is 7.22. The molecule has 108 valence electrons. The zero-order chi connectivity index (χ0) is 14.2. The number of rotatable bonds is 1. The van der Waals surface area contributed by atoms with Crippen LogP contribution in [0.3, 0.4) is 0 Å². The van der Waals surface area contributed by atoms with E-state index in [1.165, 1.54) is 5.56 Å². The van der Waals surface area contributed by atoms with Gasteiger partial charge in [-0.05, 0) is 42.7 Å². The summed E-state index contributed by atoms with van der Waals surface area (Å²) in [6.45, 7) is 2.12. The molecule has 0 unspecified atom stereocenters. The summed E-state index contributed by atoms with van der Waals surface area (Å²) in [5, 5.41) is 0.749. The standard InChI is InChI=1S/C17H16ClNO2/c18-14-5-1-2-6-15(14)19-10-13-9-16-12(4-3-7-20-16)8-17(13)21-11-19/h1-2,5-6,8-9H,3-4,7,10-11H2. The molecule has 2 aromatic rings. The van der Waals surface area contributed by atoms with Crippen molar-refractivity contribution < 1.29 is 9.47 Å². The molecule has 0 spiro atoms. The first-order valence-corrected chi connectivity index (χ1v) is 7.60. The lowest BCUT2D eigenvalue weighted by molar-refractivity contribution is 0.273. The van der Waals surface area contributed by atoms with Gasteiger partial charge >= 0.3 is 0 Å². The zero-order valence-corrected chi connectivity index (χ0v) is 12.4. The van der Waals surface area contributed by atoms with Gasteiger partial charge in [0.1, 0.15) is 11.5 Å². The van der Waals surface area contributed by atoms with E-state index in [1.807, 2.05) is 24.3 Å². The summed E-state index contributed by atoms with van der Waals surface area (Å²) in [6, 6.07) is 12.1. The second-order valence-electron chi connectivity index (χ2n) is 5.44. The molecular formula is C17H16ClNO2. The third kappa shape index (κ3) is 2.32. The Kier molecular flexibility index (Phi) is 3.15. The van der Waals surface area contributed by atoms with Gasteiger partial charge in [-0.25, -0.2) is 0 Å². The zero-order valence-electron chi connectivity index (χ0n) is 11.6. The normalized spacial score (nSPS) is 16.5. The molecule has 0 N–H and O–H groups in total. The lowest BCUT2D eigenvalue weighted by Gasteiger charge is -2.32. The molecule has 0 radical (unpaired) electrons. The van der Waals surface area contributed by atoms with Gasteiger partial charge < -0.3 is 14.4 Å². The Bertz CT molecular complexity index is 686. The molecular weight excluding hydrogens is 286 g/mol. The summed E-state index contributed by atoms with van der Waals surface area (Å²) >= 11 is 6.28. The molecule has 3 nitrogen and oxygen atoms in total. The van der Waals surface area contributed by atoms with Crippen LogP contribution in [0.15, 0.2) is 36.4 Å². The average Bonchev–Trinajstić information content (AvgIpc) is 2.53. The summed E-state index contributed by atoms with van der Waals surface area (Å²) < 4.78 is 11.7. The van der Waals surface area contributed by atoms with Crippen LogP contribution in [0.5, 0.6) is 11.5 Å². The molecule has 0 fully saturated rings. The van der Waals surface area contributed by atoms with Gasteiger partial charge in [-0.3, -0.25) is 0 Å². The topological polar surface area (TPSA) is 21.7 Å². The summed E-state index contributed by atoms with van der Waals surface area (Å²) in [5.41, 5.74) is 3.41. The van der Waals surface area contributed by atoms with Crippen molar-refractivity contribution in [1.29, 1.82) is 0 Å². The summed E-state index contributed by atoms with van der Waals surface area (Å²) in [6.07, 6.45) is 2.15. The summed E-state index contributed by atoms with van der Waals surface area (Å²) in [7, 11) is 0. The molecule has 2 aliphatic rings. The van der Waals surface area contributed by atoms with Crippen LogP contribution in [-0.4, -0.2) is 13.3 Å². The van der Waals surface area contributed by atoms with E-state index in [1.54, 1.807) is 0 Å². The van der Waals surface area contributed by atoms with Crippen molar-refractivity contribution in [2.45, 2.75) is 19.4 Å². The highest BCUT2D eigenvalue weighted by Gasteiger charge is 2.22. The van der Waals surface area contributed by atoms with Crippen LogP contribution in [-0.2, 0) is 13.0 Å². The predicted molar refractivity (Wildman–Crippen MR) is 83.4 cm³/mol. The van der Waals surface area contributed by atoms with Crippen molar-refractivity contribution in [2.24, 2.45) is 0 Å². The first-order chi connectivity index (χ1) is 10.3. The molecule has 0 saturated carbocycles. The third-order valence-corrected chi connectivity index (χ3v) is 4.34. The number of para-hydroxylation sites is 1. The lowest BCUT2D eigenvalue weighted by Crippen LogP contribution is -2.32. The van der Waals surface area contributed by atoms with Crippen molar-refractivity contribution in [3.63, 3.8) is 0 Å². The number of anilines is 1. The van der Waals surface area contributed by atoms with Crippen molar-refractivity contribution in [2.75, 3.05) is 18.2 Å². The number of nitrogens with zero attached hydrogens (tertiary/aromatic N) is 1. The van der Waals surface area contributed by atoms with Crippen molar-refractivity contribution >= 4 is 17.3 Å². The second kappa shape index (κ2) is 5.15. The fourth-order valence-electron chi connectivity index (χ4n) is 2.94. The lowest BCUT2D eigenvalue weighted by atomic mass is 10.0. The minimum absolute atomic E-state index is 0.524. The van der Waals surface area contributed by atoms with Crippen LogP contribution in [0.25, 0.3) is 0 Å². The van der Waals surface area contributed by atoms with E-state index in [0.29, 0.717) is 6.73 Å². The molecule has 4 rings (SSSR count). The number of hydrogen-bond acceptors (Lipinski definition) is 3. The summed E-state index contributed by atoms with van der Waals surface area (Å²) in [4.78, 5) is 2.14. The number of hydrogen-bond donors (Lipinski definition) is 0. The average molecular weight is 302 g/mol. The monoisotopic (exact) mass is 301 g/mol. The van der Waals surface area contributed by atoms with E-state index in [9.17, 15) is 0 Å². The minimum atomic E-state index is 0.524. The molecule has 2 heterocycles. The predicted octanol–water partition coefficient (Wildman–Crippen LogP) is 4.02. The molecule has 0 aromatic heterocycles. The van der Waals surface area contributed by atoms with Crippen molar-refractivity contribution in [1.82, 2.24) is 0 Å². The van der Waals surface area contributed by atoms with E-state index in [0.717, 1.165) is 53.8 Å². The molecule has 0 saturated heterocycles. The number of ether oxygens (including phenoxy) is 2. The quantitative estimate of drug-likeness (QED) is 0.794. The minimum Gasteiger partial charge on any atom is -0.493 e. The van der Waals surface area contributed by atoms with Gasteiger partial charge in [-0.2, -0.15) is 0 Å². The number of fused-ring (bicyclic) bond motifs is 2. The fourth-order valence-corrected chi connectivity index (χ4v) is 3.19. The highest BCUT2D eigenvalue weighted by Crippen LogP contribution is 2.37. The van der Waals surface area contributed by atoms with Gasteiger partial charge in [0.05, 0.1) is 23.9 Å². The molecule has 21 heavy (non-hydrogen) atoms. The number of aryl methyl sites for hydroxylation is 1. The van der Waals surface area contributed by atoms with Crippen LogP contribution in [0, 0.1) is 0 Å².